The highest BCUT2D eigenvalue weighted by Crippen LogP contribution is 2.28. The average molecular weight is 517 g/mol. The van der Waals surface area contributed by atoms with Crippen molar-refractivity contribution in [3.05, 3.63) is 35.4 Å². The lowest BCUT2D eigenvalue weighted by molar-refractivity contribution is 0.0951. The molecule has 0 atom stereocenters. The second kappa shape index (κ2) is 14.6. The maximum absolute atomic E-state index is 12.2. The molecule has 3 N–H and O–H groups in total. The van der Waals surface area contributed by atoms with Crippen molar-refractivity contribution < 1.29 is 9.53 Å². The van der Waals surface area contributed by atoms with Crippen LogP contribution < -0.4 is 16.0 Å². The third-order valence-electron chi connectivity index (χ3n) is 4.53. The molecule has 0 heterocycles. The number of rotatable bonds is 12. The Morgan fingerprint density at radius 3 is 2.69 bits per heavy atom. The van der Waals surface area contributed by atoms with Crippen LogP contribution in [0.4, 0.5) is 0 Å². The minimum absolute atomic E-state index is 0. The van der Waals surface area contributed by atoms with Crippen LogP contribution in [0.15, 0.2) is 29.3 Å². The van der Waals surface area contributed by atoms with Crippen LogP contribution in [0.1, 0.15) is 35.2 Å². The van der Waals surface area contributed by atoms with Crippen molar-refractivity contribution in [2.75, 3.05) is 54.0 Å². The van der Waals surface area contributed by atoms with Gasteiger partial charge in [0.25, 0.3) is 5.91 Å². The van der Waals surface area contributed by atoms with Crippen LogP contribution in [0, 0.1) is 5.92 Å². The molecule has 0 radical (unpaired) electrons. The summed E-state index contributed by atoms with van der Waals surface area (Å²) in [5.41, 5.74) is 1.71. The standard InChI is InChI=1S/C21H35N5O2.HI/c1-22-21(24-10-5-13-28-16-17-8-9-17)25-15-18-6-4-7-19(14-18)20(27)23-11-12-26(2)3;/h4,6-7,14,17H,5,8-13,15-16H2,1-3H3,(H,23,27)(H2,22,24,25);1H. The van der Waals surface area contributed by atoms with E-state index in [-0.39, 0.29) is 29.9 Å². The van der Waals surface area contributed by atoms with E-state index in [0.29, 0.717) is 18.7 Å². The van der Waals surface area contributed by atoms with Crippen LogP contribution in [0.2, 0.25) is 0 Å². The highest BCUT2D eigenvalue weighted by molar-refractivity contribution is 14.0. The van der Waals surface area contributed by atoms with E-state index in [1.165, 1.54) is 12.8 Å². The Morgan fingerprint density at radius 1 is 1.21 bits per heavy atom. The number of carbonyl (C=O) groups is 1. The smallest absolute Gasteiger partial charge is 0.251 e. The molecule has 8 heteroatoms. The van der Waals surface area contributed by atoms with Gasteiger partial charge in [0, 0.05) is 52.0 Å². The van der Waals surface area contributed by atoms with Gasteiger partial charge in [-0.3, -0.25) is 9.79 Å². The van der Waals surface area contributed by atoms with Crippen LogP contribution >= 0.6 is 24.0 Å². The summed E-state index contributed by atoms with van der Waals surface area (Å²) in [4.78, 5) is 18.5. The van der Waals surface area contributed by atoms with E-state index in [2.05, 4.69) is 20.9 Å². The fourth-order valence-corrected chi connectivity index (χ4v) is 2.64. The van der Waals surface area contributed by atoms with E-state index in [4.69, 9.17) is 4.74 Å². The molecule has 1 aromatic rings. The summed E-state index contributed by atoms with van der Waals surface area (Å²) < 4.78 is 5.64. The van der Waals surface area contributed by atoms with Crippen LogP contribution in [-0.4, -0.2) is 70.8 Å². The molecule has 0 aliphatic heterocycles. The third kappa shape index (κ3) is 11.4. The van der Waals surface area contributed by atoms with E-state index >= 15 is 0 Å². The first-order chi connectivity index (χ1) is 13.6. The summed E-state index contributed by atoms with van der Waals surface area (Å²) in [5.74, 6) is 1.52. The summed E-state index contributed by atoms with van der Waals surface area (Å²) in [6.07, 6.45) is 3.61. The molecule has 1 fully saturated rings. The number of aliphatic imine (C=N–C) groups is 1. The molecular weight excluding hydrogens is 481 g/mol. The predicted molar refractivity (Wildman–Crippen MR) is 129 cm³/mol. The summed E-state index contributed by atoms with van der Waals surface area (Å²) >= 11 is 0. The molecule has 1 saturated carbocycles. The van der Waals surface area contributed by atoms with Gasteiger partial charge < -0.3 is 25.6 Å². The normalized spacial score (nSPS) is 13.7. The Labute approximate surface area is 192 Å². The molecule has 0 saturated heterocycles. The number of hydrogen-bond donors (Lipinski definition) is 3. The molecule has 164 valence electrons. The van der Waals surface area contributed by atoms with Crippen molar-refractivity contribution >= 4 is 35.8 Å². The molecule has 0 unspecified atom stereocenters. The Balaban J connectivity index is 0.00000420. The number of carbonyl (C=O) groups excluding carboxylic acids is 1. The zero-order chi connectivity index (χ0) is 20.2. The van der Waals surface area contributed by atoms with Crippen molar-refractivity contribution in [1.29, 1.82) is 0 Å². The van der Waals surface area contributed by atoms with Gasteiger partial charge in [-0.1, -0.05) is 12.1 Å². The first kappa shape index (κ1) is 25.6. The highest BCUT2D eigenvalue weighted by atomic mass is 127. The zero-order valence-electron chi connectivity index (χ0n) is 17.9. The second-order valence-corrected chi connectivity index (χ2v) is 7.48. The number of nitrogens with zero attached hydrogens (tertiary/aromatic N) is 2. The highest BCUT2D eigenvalue weighted by Gasteiger charge is 2.20. The first-order valence-corrected chi connectivity index (χ1v) is 10.1. The Morgan fingerprint density at radius 2 is 2.00 bits per heavy atom. The van der Waals surface area contributed by atoms with Crippen LogP contribution in [0.3, 0.4) is 0 Å². The quantitative estimate of drug-likeness (QED) is 0.171. The van der Waals surface area contributed by atoms with E-state index in [0.717, 1.165) is 50.2 Å². The minimum Gasteiger partial charge on any atom is -0.381 e. The number of hydrogen-bond acceptors (Lipinski definition) is 4. The SMILES string of the molecule is CN=C(NCCCOCC1CC1)NCc1cccc(C(=O)NCCN(C)C)c1.I. The van der Waals surface area contributed by atoms with Gasteiger partial charge in [-0.2, -0.15) is 0 Å². The molecule has 1 aromatic carbocycles. The van der Waals surface area contributed by atoms with Gasteiger partial charge in [0.05, 0.1) is 0 Å². The molecule has 1 aliphatic carbocycles. The van der Waals surface area contributed by atoms with Gasteiger partial charge in [0.1, 0.15) is 0 Å². The Bertz CT molecular complexity index is 635. The fraction of sp³-hybridized carbons (Fsp3) is 0.619. The lowest BCUT2D eigenvalue weighted by Gasteiger charge is -2.13. The molecule has 1 amide bonds. The van der Waals surface area contributed by atoms with Gasteiger partial charge in [0.15, 0.2) is 5.96 Å². The Hall–Kier alpha value is -1.39. The van der Waals surface area contributed by atoms with E-state index < -0.39 is 0 Å². The van der Waals surface area contributed by atoms with Crippen molar-refractivity contribution in [3.63, 3.8) is 0 Å². The maximum atomic E-state index is 12.2. The van der Waals surface area contributed by atoms with Crippen LogP contribution in [0.5, 0.6) is 0 Å². The van der Waals surface area contributed by atoms with E-state index in [1.54, 1.807) is 7.05 Å². The van der Waals surface area contributed by atoms with Crippen LogP contribution in [-0.2, 0) is 11.3 Å². The summed E-state index contributed by atoms with van der Waals surface area (Å²) in [7, 11) is 5.73. The van der Waals surface area contributed by atoms with Gasteiger partial charge in [-0.15, -0.1) is 24.0 Å². The number of guanidine groups is 1. The largest absolute Gasteiger partial charge is 0.381 e. The summed E-state index contributed by atoms with van der Waals surface area (Å²) in [5, 5.41) is 9.52. The van der Waals surface area contributed by atoms with Crippen molar-refractivity contribution in [3.8, 4) is 0 Å². The summed E-state index contributed by atoms with van der Waals surface area (Å²) in [6.45, 7) is 4.57. The van der Waals surface area contributed by atoms with E-state index in [9.17, 15) is 4.79 Å². The van der Waals surface area contributed by atoms with Crippen molar-refractivity contribution in [2.24, 2.45) is 10.9 Å². The molecule has 0 bridgehead atoms. The van der Waals surface area contributed by atoms with Gasteiger partial charge in [-0.05, 0) is 57.0 Å². The fourth-order valence-electron chi connectivity index (χ4n) is 2.64. The molecule has 1 aliphatic rings. The van der Waals surface area contributed by atoms with Crippen molar-refractivity contribution in [1.82, 2.24) is 20.9 Å². The lowest BCUT2D eigenvalue weighted by Crippen LogP contribution is -2.37. The van der Waals surface area contributed by atoms with Crippen LogP contribution in [0.25, 0.3) is 0 Å². The van der Waals surface area contributed by atoms with Gasteiger partial charge in [-0.25, -0.2) is 0 Å². The number of benzene rings is 1. The first-order valence-electron chi connectivity index (χ1n) is 10.1. The number of nitrogens with one attached hydrogen (secondary N) is 3. The van der Waals surface area contributed by atoms with Crippen molar-refractivity contribution in [2.45, 2.75) is 25.8 Å². The predicted octanol–water partition coefficient (Wildman–Crippen LogP) is 2.08. The minimum atomic E-state index is -0.0441. The second-order valence-electron chi connectivity index (χ2n) is 7.48. The molecule has 29 heavy (non-hydrogen) atoms. The van der Waals surface area contributed by atoms with Gasteiger partial charge in [0.2, 0.25) is 0 Å². The number of ether oxygens (including phenoxy) is 1. The maximum Gasteiger partial charge on any atom is 0.251 e. The number of likely N-dealkylation sites (N-methyl/N-ethyl adjacent to an activating group) is 1. The van der Waals surface area contributed by atoms with Gasteiger partial charge >= 0.3 is 0 Å². The molecule has 2 rings (SSSR count). The monoisotopic (exact) mass is 517 g/mol. The number of halogens is 1. The molecule has 0 spiro atoms. The molecular formula is C21H36IN5O2. The number of amides is 1. The molecule has 7 nitrogen and oxygen atoms in total. The zero-order valence-corrected chi connectivity index (χ0v) is 20.2. The lowest BCUT2D eigenvalue weighted by atomic mass is 10.1. The molecule has 0 aromatic heterocycles. The topological polar surface area (TPSA) is 78.0 Å². The average Bonchev–Trinajstić information content (AvgIpc) is 3.51. The van der Waals surface area contributed by atoms with E-state index in [1.807, 2.05) is 43.3 Å². The third-order valence-corrected chi connectivity index (χ3v) is 4.53. The summed E-state index contributed by atoms with van der Waals surface area (Å²) in [6, 6.07) is 7.66. The Kier molecular flexibility index (Phi) is 12.9.